The van der Waals surface area contributed by atoms with Crippen LogP contribution in [0.3, 0.4) is 0 Å². The third kappa shape index (κ3) is 2.23. The maximum absolute atomic E-state index is 8.30. The minimum absolute atomic E-state index is 0.0781. The van der Waals surface area contributed by atoms with E-state index in [2.05, 4.69) is 23.0 Å². The van der Waals surface area contributed by atoms with Gasteiger partial charge in [0.2, 0.25) is 0 Å². The van der Waals surface area contributed by atoms with Gasteiger partial charge < -0.3 is 0 Å². The van der Waals surface area contributed by atoms with Crippen molar-refractivity contribution in [2.24, 2.45) is 5.11 Å². The molecule has 68 valence electrons. The fraction of sp³-hybridized carbons (Fsp3) is 0.400. The molecule has 1 atom stereocenters. The van der Waals surface area contributed by atoms with Crippen LogP contribution in [0.4, 0.5) is 0 Å². The topological polar surface area (TPSA) is 48.8 Å². The highest BCUT2D eigenvalue weighted by molar-refractivity contribution is 5.32. The van der Waals surface area contributed by atoms with Crippen LogP contribution in [0.25, 0.3) is 10.4 Å². The molecule has 0 amide bonds. The molecule has 0 aromatic heterocycles. The van der Waals surface area contributed by atoms with Gasteiger partial charge in [-0.3, -0.25) is 0 Å². The monoisotopic (exact) mass is 175 g/mol. The molecule has 1 aromatic rings. The molecule has 0 bridgehead atoms. The first-order chi connectivity index (χ1) is 6.15. The van der Waals surface area contributed by atoms with Crippen LogP contribution in [-0.4, -0.2) is 0 Å². The van der Waals surface area contributed by atoms with Gasteiger partial charge in [0, 0.05) is 4.91 Å². The number of rotatable bonds is 2. The predicted molar refractivity (Wildman–Crippen MR) is 53.5 cm³/mol. The van der Waals surface area contributed by atoms with Crippen molar-refractivity contribution in [1.82, 2.24) is 0 Å². The Hall–Kier alpha value is -1.47. The summed E-state index contributed by atoms with van der Waals surface area (Å²) in [5.41, 5.74) is 11.8. The first-order valence-electron chi connectivity index (χ1n) is 4.26. The SMILES string of the molecule is Cc1ccc(C(C)N=[N+]=[N-])c(C)c1. The molecule has 3 nitrogen and oxygen atoms in total. The molecule has 0 aliphatic heterocycles. The summed E-state index contributed by atoms with van der Waals surface area (Å²) >= 11 is 0. The van der Waals surface area contributed by atoms with Crippen LogP contribution in [0.5, 0.6) is 0 Å². The van der Waals surface area contributed by atoms with Crippen molar-refractivity contribution < 1.29 is 0 Å². The predicted octanol–water partition coefficient (Wildman–Crippen LogP) is 3.67. The van der Waals surface area contributed by atoms with E-state index in [0.717, 1.165) is 5.56 Å². The van der Waals surface area contributed by atoms with Crippen molar-refractivity contribution in [3.05, 3.63) is 45.3 Å². The van der Waals surface area contributed by atoms with Crippen molar-refractivity contribution >= 4 is 0 Å². The smallest absolute Gasteiger partial charge is 0.0599 e. The summed E-state index contributed by atoms with van der Waals surface area (Å²) in [6.45, 7) is 5.98. The zero-order valence-electron chi connectivity index (χ0n) is 8.15. The zero-order chi connectivity index (χ0) is 9.84. The van der Waals surface area contributed by atoms with E-state index in [-0.39, 0.29) is 6.04 Å². The largest absolute Gasteiger partial charge is 0.0862 e. The zero-order valence-corrected chi connectivity index (χ0v) is 8.15. The lowest BCUT2D eigenvalue weighted by atomic mass is 10.0. The number of aryl methyl sites for hydroxylation is 2. The first kappa shape index (κ1) is 9.62. The highest BCUT2D eigenvalue weighted by Gasteiger charge is 2.05. The summed E-state index contributed by atoms with van der Waals surface area (Å²) in [5.74, 6) is 0. The van der Waals surface area contributed by atoms with Crippen molar-refractivity contribution in [3.63, 3.8) is 0 Å². The fourth-order valence-electron chi connectivity index (χ4n) is 1.43. The molecule has 13 heavy (non-hydrogen) atoms. The second-order valence-corrected chi connectivity index (χ2v) is 3.24. The van der Waals surface area contributed by atoms with E-state index in [4.69, 9.17) is 5.53 Å². The van der Waals surface area contributed by atoms with Gasteiger partial charge in [-0.25, -0.2) is 0 Å². The third-order valence-electron chi connectivity index (χ3n) is 2.10. The minimum Gasteiger partial charge on any atom is -0.0862 e. The standard InChI is InChI=1S/C10H13N3/c1-7-4-5-10(8(2)6-7)9(3)12-13-11/h4-6,9H,1-3H3. The fourth-order valence-corrected chi connectivity index (χ4v) is 1.43. The number of benzene rings is 1. The van der Waals surface area contributed by atoms with Gasteiger partial charge >= 0.3 is 0 Å². The Morgan fingerprint density at radius 3 is 2.62 bits per heavy atom. The van der Waals surface area contributed by atoms with E-state index in [1.807, 2.05) is 26.0 Å². The van der Waals surface area contributed by atoms with Gasteiger partial charge in [0.15, 0.2) is 0 Å². The van der Waals surface area contributed by atoms with Gasteiger partial charge in [-0.05, 0) is 30.5 Å². The number of nitrogens with zero attached hydrogens (tertiary/aromatic N) is 3. The Bertz CT molecular complexity index is 351. The van der Waals surface area contributed by atoms with Crippen molar-refractivity contribution in [2.45, 2.75) is 26.8 Å². The van der Waals surface area contributed by atoms with E-state index in [1.54, 1.807) is 0 Å². The maximum Gasteiger partial charge on any atom is 0.0599 e. The second-order valence-electron chi connectivity index (χ2n) is 3.24. The highest BCUT2D eigenvalue weighted by Crippen LogP contribution is 2.21. The summed E-state index contributed by atoms with van der Waals surface area (Å²) in [7, 11) is 0. The molecule has 1 rings (SSSR count). The lowest BCUT2D eigenvalue weighted by Gasteiger charge is -2.09. The molecule has 0 aliphatic carbocycles. The first-order valence-corrected chi connectivity index (χ1v) is 4.26. The molecule has 0 fully saturated rings. The van der Waals surface area contributed by atoms with Crippen LogP contribution in [0.2, 0.25) is 0 Å². The highest BCUT2D eigenvalue weighted by atomic mass is 15.1. The lowest BCUT2D eigenvalue weighted by molar-refractivity contribution is 0.799. The molecule has 0 saturated heterocycles. The average molecular weight is 175 g/mol. The summed E-state index contributed by atoms with van der Waals surface area (Å²) in [6.07, 6.45) is 0. The number of hydrogen-bond acceptors (Lipinski definition) is 1. The molecule has 0 N–H and O–H groups in total. The Morgan fingerprint density at radius 2 is 2.08 bits per heavy atom. The molecule has 1 aromatic carbocycles. The Balaban J connectivity index is 3.08. The summed E-state index contributed by atoms with van der Waals surface area (Å²) in [4.78, 5) is 2.80. The van der Waals surface area contributed by atoms with Crippen molar-refractivity contribution in [1.29, 1.82) is 0 Å². The summed E-state index contributed by atoms with van der Waals surface area (Å²) < 4.78 is 0. The third-order valence-corrected chi connectivity index (χ3v) is 2.10. The van der Waals surface area contributed by atoms with Crippen LogP contribution in [0.15, 0.2) is 23.3 Å². The van der Waals surface area contributed by atoms with Crippen LogP contribution in [-0.2, 0) is 0 Å². The van der Waals surface area contributed by atoms with E-state index in [9.17, 15) is 0 Å². The molecular formula is C10H13N3. The Labute approximate surface area is 78.0 Å². The Morgan fingerprint density at radius 1 is 1.38 bits per heavy atom. The van der Waals surface area contributed by atoms with Crippen LogP contribution in [0.1, 0.15) is 29.7 Å². The van der Waals surface area contributed by atoms with Gasteiger partial charge in [-0.1, -0.05) is 35.8 Å². The van der Waals surface area contributed by atoms with Crippen LogP contribution in [0, 0.1) is 13.8 Å². The van der Waals surface area contributed by atoms with E-state index in [0.29, 0.717) is 0 Å². The van der Waals surface area contributed by atoms with Gasteiger partial charge in [-0.15, -0.1) is 0 Å². The molecule has 0 saturated carbocycles. The van der Waals surface area contributed by atoms with Crippen molar-refractivity contribution in [3.8, 4) is 0 Å². The van der Waals surface area contributed by atoms with E-state index < -0.39 is 0 Å². The molecular weight excluding hydrogens is 162 g/mol. The summed E-state index contributed by atoms with van der Waals surface area (Å²) in [5, 5.41) is 3.67. The minimum atomic E-state index is -0.0781. The maximum atomic E-state index is 8.30. The van der Waals surface area contributed by atoms with Crippen LogP contribution < -0.4 is 0 Å². The Kier molecular flexibility index (Phi) is 2.93. The molecule has 0 spiro atoms. The van der Waals surface area contributed by atoms with Gasteiger partial charge in [0.1, 0.15) is 0 Å². The molecule has 0 radical (unpaired) electrons. The average Bonchev–Trinajstić information content (AvgIpc) is 2.04. The number of azide groups is 1. The molecule has 0 heterocycles. The van der Waals surface area contributed by atoms with E-state index in [1.165, 1.54) is 11.1 Å². The molecule has 0 aliphatic rings. The summed E-state index contributed by atoms with van der Waals surface area (Å²) in [6, 6.07) is 6.07. The van der Waals surface area contributed by atoms with Crippen LogP contribution >= 0.6 is 0 Å². The van der Waals surface area contributed by atoms with Gasteiger partial charge in [0.05, 0.1) is 6.04 Å². The van der Waals surface area contributed by atoms with Gasteiger partial charge in [0.25, 0.3) is 0 Å². The van der Waals surface area contributed by atoms with Gasteiger partial charge in [-0.2, -0.15) is 0 Å². The normalized spacial score (nSPS) is 11.9. The number of hydrogen-bond donors (Lipinski definition) is 0. The quantitative estimate of drug-likeness (QED) is 0.374. The molecule has 3 heteroatoms. The van der Waals surface area contributed by atoms with E-state index >= 15 is 0 Å². The van der Waals surface area contributed by atoms with Crippen molar-refractivity contribution in [2.75, 3.05) is 0 Å². The molecule has 1 unspecified atom stereocenters. The lowest BCUT2D eigenvalue weighted by Crippen LogP contribution is -1.92. The second kappa shape index (κ2) is 3.97.